The quantitative estimate of drug-likeness (QED) is 0.787. The summed E-state index contributed by atoms with van der Waals surface area (Å²) in [5.74, 6) is 0.609. The first kappa shape index (κ1) is 14.2. The summed E-state index contributed by atoms with van der Waals surface area (Å²) in [7, 11) is 0. The van der Waals surface area contributed by atoms with Gasteiger partial charge in [0.2, 0.25) is 11.8 Å². The van der Waals surface area contributed by atoms with Crippen molar-refractivity contribution in [3.63, 3.8) is 0 Å². The van der Waals surface area contributed by atoms with Crippen molar-refractivity contribution in [1.29, 1.82) is 0 Å². The summed E-state index contributed by atoms with van der Waals surface area (Å²) in [6.07, 6.45) is 7.29. The third-order valence-corrected chi connectivity index (χ3v) is 4.37. The highest BCUT2D eigenvalue weighted by molar-refractivity contribution is 5.81. The topological polar surface area (TPSA) is 65.2 Å². The second-order valence-corrected chi connectivity index (χ2v) is 6.04. The van der Waals surface area contributed by atoms with Crippen LogP contribution in [0.1, 0.15) is 50.3 Å². The molecule has 1 aliphatic heterocycles. The number of aromatic amines is 1. The maximum absolute atomic E-state index is 12.3. The molecule has 0 spiro atoms. The maximum atomic E-state index is 12.3. The number of hydrogen-bond donors (Lipinski definition) is 2. The average Bonchev–Trinajstić information content (AvgIpc) is 3.01. The number of likely N-dealkylation sites (tertiary alicyclic amines) is 1. The van der Waals surface area contributed by atoms with E-state index in [0.717, 1.165) is 44.3 Å². The van der Waals surface area contributed by atoms with Gasteiger partial charge in [-0.2, -0.15) is 0 Å². The number of rotatable bonds is 6. The van der Waals surface area contributed by atoms with Crippen molar-refractivity contribution in [3.05, 3.63) is 24.0 Å². The molecule has 0 radical (unpaired) electrons. The van der Waals surface area contributed by atoms with E-state index < -0.39 is 0 Å². The molecule has 2 heterocycles. The Morgan fingerprint density at radius 2 is 2.19 bits per heavy atom. The van der Waals surface area contributed by atoms with Gasteiger partial charge in [-0.05, 0) is 44.2 Å². The molecule has 21 heavy (non-hydrogen) atoms. The Bertz CT molecular complexity index is 494. The number of amides is 2. The largest absolute Gasteiger partial charge is 0.363 e. The van der Waals surface area contributed by atoms with Crippen LogP contribution in [0.3, 0.4) is 0 Å². The minimum absolute atomic E-state index is 0.160. The molecule has 0 aromatic carbocycles. The van der Waals surface area contributed by atoms with Crippen LogP contribution in [-0.2, 0) is 9.59 Å². The molecule has 2 fully saturated rings. The Kier molecular flexibility index (Phi) is 4.27. The Morgan fingerprint density at radius 1 is 1.33 bits per heavy atom. The summed E-state index contributed by atoms with van der Waals surface area (Å²) < 4.78 is 0. The fourth-order valence-corrected chi connectivity index (χ4v) is 3.02. The van der Waals surface area contributed by atoms with E-state index >= 15 is 0 Å². The Labute approximate surface area is 125 Å². The molecule has 0 bridgehead atoms. The van der Waals surface area contributed by atoms with Gasteiger partial charge in [0.25, 0.3) is 0 Å². The zero-order valence-corrected chi connectivity index (χ0v) is 12.3. The fourth-order valence-electron chi connectivity index (χ4n) is 3.02. The molecule has 0 unspecified atom stereocenters. The van der Waals surface area contributed by atoms with Crippen molar-refractivity contribution in [3.8, 4) is 0 Å². The lowest BCUT2D eigenvalue weighted by atomic mass is 10.1. The summed E-state index contributed by atoms with van der Waals surface area (Å²) in [5, 5.41) is 2.91. The van der Waals surface area contributed by atoms with Gasteiger partial charge in [-0.1, -0.05) is 0 Å². The van der Waals surface area contributed by atoms with Crippen LogP contribution >= 0.6 is 0 Å². The van der Waals surface area contributed by atoms with Gasteiger partial charge in [0.1, 0.15) is 0 Å². The summed E-state index contributed by atoms with van der Waals surface area (Å²) in [6.45, 7) is 1.46. The molecule has 1 saturated heterocycles. The van der Waals surface area contributed by atoms with Crippen LogP contribution < -0.4 is 5.32 Å². The smallest absolute Gasteiger partial charge is 0.223 e. The van der Waals surface area contributed by atoms with Gasteiger partial charge in [-0.15, -0.1) is 0 Å². The van der Waals surface area contributed by atoms with Crippen LogP contribution in [-0.4, -0.2) is 34.8 Å². The molecule has 5 nitrogen and oxygen atoms in total. The standard InChI is InChI=1S/C16H23N3O2/c20-15(6-2-10-18-16(21)12-7-8-12)19-11-3-5-14(19)13-4-1-9-17-13/h1,4,9,12,14,17H,2-3,5-8,10-11H2,(H,18,21)/t14-/m1/s1. The van der Waals surface area contributed by atoms with E-state index in [1.54, 1.807) is 0 Å². The number of aromatic nitrogens is 1. The van der Waals surface area contributed by atoms with Crippen molar-refractivity contribution in [1.82, 2.24) is 15.2 Å². The molecule has 3 rings (SSSR count). The summed E-state index contributed by atoms with van der Waals surface area (Å²) in [5.41, 5.74) is 1.13. The zero-order valence-electron chi connectivity index (χ0n) is 12.3. The number of carbonyl (C=O) groups is 2. The van der Waals surface area contributed by atoms with Gasteiger partial charge in [0.05, 0.1) is 6.04 Å². The third-order valence-electron chi connectivity index (χ3n) is 4.37. The first-order chi connectivity index (χ1) is 10.3. The van der Waals surface area contributed by atoms with Gasteiger partial charge in [-0.3, -0.25) is 9.59 Å². The number of hydrogen-bond acceptors (Lipinski definition) is 2. The van der Waals surface area contributed by atoms with Crippen LogP contribution in [0.25, 0.3) is 0 Å². The summed E-state index contributed by atoms with van der Waals surface area (Å²) >= 11 is 0. The van der Waals surface area contributed by atoms with E-state index in [4.69, 9.17) is 0 Å². The molecule has 1 aromatic rings. The molecule has 1 aliphatic carbocycles. The highest BCUT2D eigenvalue weighted by Crippen LogP contribution is 2.31. The lowest BCUT2D eigenvalue weighted by Crippen LogP contribution is -2.32. The van der Waals surface area contributed by atoms with E-state index in [9.17, 15) is 9.59 Å². The highest BCUT2D eigenvalue weighted by Gasteiger charge is 2.31. The summed E-state index contributed by atoms with van der Waals surface area (Å²) in [4.78, 5) is 29.0. The number of carbonyl (C=O) groups excluding carboxylic acids is 2. The van der Waals surface area contributed by atoms with Crippen LogP contribution in [0.4, 0.5) is 0 Å². The molecule has 1 saturated carbocycles. The maximum Gasteiger partial charge on any atom is 0.223 e. The van der Waals surface area contributed by atoms with Gasteiger partial charge in [0, 0.05) is 37.3 Å². The van der Waals surface area contributed by atoms with Gasteiger partial charge in [0.15, 0.2) is 0 Å². The van der Waals surface area contributed by atoms with Gasteiger partial charge in [-0.25, -0.2) is 0 Å². The predicted octanol–water partition coefficient (Wildman–Crippen LogP) is 1.98. The van der Waals surface area contributed by atoms with Crippen LogP contribution in [0.15, 0.2) is 18.3 Å². The minimum atomic E-state index is 0.160. The van der Waals surface area contributed by atoms with Crippen molar-refractivity contribution < 1.29 is 9.59 Å². The van der Waals surface area contributed by atoms with Crippen molar-refractivity contribution in [2.45, 2.75) is 44.6 Å². The lowest BCUT2D eigenvalue weighted by molar-refractivity contribution is -0.132. The van der Waals surface area contributed by atoms with Crippen LogP contribution in [0, 0.1) is 5.92 Å². The van der Waals surface area contributed by atoms with Crippen molar-refractivity contribution in [2.75, 3.05) is 13.1 Å². The number of nitrogens with zero attached hydrogens (tertiary/aromatic N) is 1. The first-order valence-corrected chi connectivity index (χ1v) is 7.96. The second kappa shape index (κ2) is 6.33. The highest BCUT2D eigenvalue weighted by atomic mass is 16.2. The molecule has 114 valence electrons. The average molecular weight is 289 g/mol. The van der Waals surface area contributed by atoms with E-state index in [0.29, 0.717) is 13.0 Å². The molecule has 2 N–H and O–H groups in total. The predicted molar refractivity (Wildman–Crippen MR) is 79.4 cm³/mol. The van der Waals surface area contributed by atoms with Gasteiger partial charge >= 0.3 is 0 Å². The van der Waals surface area contributed by atoms with Gasteiger partial charge < -0.3 is 15.2 Å². The second-order valence-electron chi connectivity index (χ2n) is 6.04. The van der Waals surface area contributed by atoms with Crippen molar-refractivity contribution >= 4 is 11.8 Å². The first-order valence-electron chi connectivity index (χ1n) is 7.96. The summed E-state index contributed by atoms with van der Waals surface area (Å²) in [6, 6.07) is 4.23. The third kappa shape index (κ3) is 3.46. The molecule has 1 atom stereocenters. The molecule has 2 aliphatic rings. The SMILES string of the molecule is O=C(NCCCC(=O)N1CCC[C@@H]1c1ccc[nH]1)C1CC1. The molecular formula is C16H23N3O2. The number of nitrogens with one attached hydrogen (secondary N) is 2. The van der Waals surface area contributed by atoms with E-state index in [1.165, 1.54) is 0 Å². The Morgan fingerprint density at radius 3 is 2.90 bits per heavy atom. The van der Waals surface area contributed by atoms with E-state index in [1.807, 2.05) is 23.2 Å². The fraction of sp³-hybridized carbons (Fsp3) is 0.625. The zero-order chi connectivity index (χ0) is 14.7. The Hall–Kier alpha value is -1.78. The monoisotopic (exact) mass is 289 g/mol. The van der Waals surface area contributed by atoms with E-state index in [-0.39, 0.29) is 23.8 Å². The Balaban J connectivity index is 1.42. The molecule has 1 aromatic heterocycles. The van der Waals surface area contributed by atoms with Crippen molar-refractivity contribution in [2.24, 2.45) is 5.92 Å². The number of H-pyrrole nitrogens is 1. The minimum Gasteiger partial charge on any atom is -0.363 e. The van der Waals surface area contributed by atoms with Crippen LogP contribution in [0.2, 0.25) is 0 Å². The lowest BCUT2D eigenvalue weighted by Gasteiger charge is -2.24. The molecular weight excluding hydrogens is 266 g/mol. The normalized spacial score (nSPS) is 21.5. The molecule has 5 heteroatoms. The molecule has 2 amide bonds. The van der Waals surface area contributed by atoms with E-state index in [2.05, 4.69) is 10.3 Å². The van der Waals surface area contributed by atoms with Crippen LogP contribution in [0.5, 0.6) is 0 Å².